The summed E-state index contributed by atoms with van der Waals surface area (Å²) in [6, 6.07) is 7.31. The molecule has 0 radical (unpaired) electrons. The molecule has 0 aliphatic carbocycles. The van der Waals surface area contributed by atoms with Gasteiger partial charge in [-0.05, 0) is 31.2 Å². The molecule has 3 aromatic heterocycles. The quantitative estimate of drug-likeness (QED) is 0.0154. The Labute approximate surface area is 461 Å². The Kier molecular flexibility index (Phi) is 27.1. The SMILES string of the molecule is Cc1nnc(-c2ccc(OCCOCCOCCOCCOCCOCCOCCOCCOCCC(=O)NCC3O[C@H](OP(=O)(O)OP(=O)(O)OC[C@H]4O[C@@H](n5cnc6c(=O)[nH]c(N)nc65)[C@@H](O)[C@H]4O)C(O)C(O)[C@@H]3O)cc2)nn1. The van der Waals surface area contributed by atoms with Gasteiger partial charge in [0.1, 0.15) is 55.1 Å². The highest BCUT2D eigenvalue weighted by Gasteiger charge is 2.50. The van der Waals surface area contributed by atoms with Gasteiger partial charge in [-0.1, -0.05) is 0 Å². The van der Waals surface area contributed by atoms with Crippen molar-refractivity contribution in [1.82, 2.24) is 45.2 Å². The number of nitrogens with two attached hydrogens (primary N) is 1. The normalized spacial score (nSPS) is 23.6. The summed E-state index contributed by atoms with van der Waals surface area (Å²) >= 11 is 0. The molecule has 1 aromatic carbocycles. The number of imidazole rings is 1. The van der Waals surface area contributed by atoms with Crippen molar-refractivity contribution >= 4 is 38.7 Å². The molecule has 2 fully saturated rings. The number of ether oxygens (including phenoxy) is 11. The van der Waals surface area contributed by atoms with Gasteiger partial charge in [-0.3, -0.25) is 28.2 Å². The second-order valence-electron chi connectivity index (χ2n) is 17.4. The van der Waals surface area contributed by atoms with Gasteiger partial charge in [0.15, 0.2) is 29.5 Å². The van der Waals surface area contributed by atoms with Crippen LogP contribution in [-0.2, 0) is 74.7 Å². The third-order valence-corrected chi connectivity index (χ3v) is 13.9. The molecule has 2 aliphatic heterocycles. The molecule has 11 N–H and O–H groups in total. The van der Waals surface area contributed by atoms with Crippen LogP contribution < -0.4 is 21.3 Å². The topological polar surface area (TPSA) is 475 Å². The van der Waals surface area contributed by atoms with Gasteiger partial charge < -0.3 is 98.5 Å². The molecule has 0 spiro atoms. The van der Waals surface area contributed by atoms with Crippen LogP contribution in [0.2, 0.25) is 0 Å². The number of rotatable bonds is 39. The Morgan fingerprint density at radius 2 is 1.20 bits per heavy atom. The predicted molar refractivity (Wildman–Crippen MR) is 270 cm³/mol. The molecule has 37 heteroatoms. The average molecular weight is 1200 g/mol. The molecule has 4 aromatic rings. The van der Waals surface area contributed by atoms with E-state index in [9.17, 15) is 54.0 Å². The monoisotopic (exact) mass is 1200 g/mol. The summed E-state index contributed by atoms with van der Waals surface area (Å²) in [5, 5.41) is 70.6. The number of carbonyl (C=O) groups excluding carboxylic acids is 1. The van der Waals surface area contributed by atoms with E-state index in [1.54, 1.807) is 6.92 Å². The van der Waals surface area contributed by atoms with Crippen molar-refractivity contribution < 1.29 is 115 Å². The minimum atomic E-state index is -5.74. The van der Waals surface area contributed by atoms with E-state index >= 15 is 0 Å². The number of aromatic amines is 1. The average Bonchev–Trinajstić information content (AvgIpc) is 4.08. The van der Waals surface area contributed by atoms with Crippen LogP contribution in [0.1, 0.15) is 18.5 Å². The highest BCUT2D eigenvalue weighted by molar-refractivity contribution is 7.61. The van der Waals surface area contributed by atoms with Crippen molar-refractivity contribution in [1.29, 1.82) is 0 Å². The van der Waals surface area contributed by atoms with E-state index in [2.05, 4.69) is 45.0 Å². The number of H-pyrrole nitrogens is 1. The fraction of sp³-hybridized carbons (Fsp3) is 0.682. The largest absolute Gasteiger partial charge is 0.491 e. The number of nitrogens with one attached hydrogen (secondary N) is 2. The summed E-state index contributed by atoms with van der Waals surface area (Å²) < 4.78 is 101. The molecule has 81 heavy (non-hydrogen) atoms. The Bertz CT molecular complexity index is 2650. The number of amides is 1. The summed E-state index contributed by atoms with van der Waals surface area (Å²) in [6.07, 6.45) is -15.7. The third kappa shape index (κ3) is 21.7. The van der Waals surface area contributed by atoms with Crippen molar-refractivity contribution in [3.63, 3.8) is 0 Å². The smallest absolute Gasteiger partial charge is 0.483 e. The standard InChI is InChI=1S/C44H68N10O25P2/c1-27-50-52-39(53-51-27)28-2-4-29(5-3-28)74-23-22-73-21-20-72-19-18-71-17-16-70-15-14-69-13-12-68-11-10-67-9-8-66-7-6-32(55)46-24-30-34(56)36(58)38(60)43(77-30)78-81(64,65)79-80(62,63)75-25-31-35(57)37(59)42(76-31)54-26-47-33-40(54)48-44(45)49-41(33)61/h2-5,26,30-31,34-38,42-43,56-60H,6-25H2,1H3,(H,46,55)(H,62,63)(H,64,65)(H3,45,48,49,61)/t30?,31-,34-,35+,36?,37+,38?,42-,43-/m1/s1. The maximum Gasteiger partial charge on any atom is 0.483 e. The molecule has 35 nitrogen and oxygen atoms in total. The summed E-state index contributed by atoms with van der Waals surface area (Å²) in [5.41, 5.74) is 5.34. The van der Waals surface area contributed by atoms with Crippen LogP contribution in [0, 0.1) is 6.92 Å². The van der Waals surface area contributed by atoms with Crippen LogP contribution in [0.15, 0.2) is 35.4 Å². The van der Waals surface area contributed by atoms with E-state index in [4.69, 9.17) is 66.9 Å². The van der Waals surface area contributed by atoms with Gasteiger partial charge in [0.2, 0.25) is 17.7 Å². The number of hydrogen-bond acceptors (Lipinski definition) is 30. The van der Waals surface area contributed by atoms with Gasteiger partial charge in [-0.25, -0.2) is 14.1 Å². The van der Waals surface area contributed by atoms with Gasteiger partial charge in [-0.15, -0.1) is 20.4 Å². The molecule has 1 amide bonds. The first-order valence-corrected chi connectivity index (χ1v) is 28.2. The summed E-state index contributed by atoms with van der Waals surface area (Å²) in [4.78, 5) is 55.1. The Morgan fingerprint density at radius 3 is 1.75 bits per heavy atom. The first-order valence-electron chi connectivity index (χ1n) is 25.2. The van der Waals surface area contributed by atoms with E-state index in [1.807, 2.05) is 24.3 Å². The number of aliphatic hydroxyl groups is 5. The number of aromatic nitrogens is 8. The zero-order chi connectivity index (χ0) is 58.2. The first kappa shape index (κ1) is 65.4. The maximum absolute atomic E-state index is 12.8. The molecule has 5 unspecified atom stereocenters. The molecule has 5 heterocycles. The van der Waals surface area contributed by atoms with E-state index in [0.29, 0.717) is 103 Å². The number of benzene rings is 1. The highest BCUT2D eigenvalue weighted by atomic mass is 31.3. The number of hydrogen-bond donors (Lipinski definition) is 10. The summed E-state index contributed by atoms with van der Waals surface area (Å²) in [7, 11) is -11.3. The number of aliphatic hydroxyl groups excluding tert-OH is 5. The van der Waals surface area contributed by atoms with E-state index in [1.165, 1.54) is 0 Å². The van der Waals surface area contributed by atoms with Crippen LogP contribution in [-0.4, -0.2) is 256 Å². The number of phosphoric acid groups is 2. The van der Waals surface area contributed by atoms with Gasteiger partial charge in [0, 0.05) is 18.5 Å². The third-order valence-electron chi connectivity index (χ3n) is 11.3. The van der Waals surface area contributed by atoms with Crippen molar-refractivity contribution in [2.45, 2.75) is 68.6 Å². The molecule has 0 bridgehead atoms. The Morgan fingerprint density at radius 1 is 0.679 bits per heavy atom. The second-order valence-corrected chi connectivity index (χ2v) is 20.3. The van der Waals surface area contributed by atoms with Crippen LogP contribution >= 0.6 is 15.6 Å². The van der Waals surface area contributed by atoms with E-state index in [-0.39, 0.29) is 50.0 Å². The van der Waals surface area contributed by atoms with Gasteiger partial charge in [0.25, 0.3) is 5.56 Å². The molecular weight excluding hydrogens is 1130 g/mol. The number of nitrogens with zero attached hydrogens (tertiary/aromatic N) is 7. The zero-order valence-corrected chi connectivity index (χ0v) is 45.6. The fourth-order valence-corrected chi connectivity index (χ4v) is 9.45. The maximum atomic E-state index is 12.8. The van der Waals surface area contributed by atoms with Crippen LogP contribution in [0.25, 0.3) is 22.6 Å². The van der Waals surface area contributed by atoms with Crippen molar-refractivity contribution in [2.24, 2.45) is 0 Å². The number of aryl methyl sites for hydroxylation is 1. The molecule has 2 aliphatic rings. The number of carbonyl (C=O) groups is 1. The zero-order valence-electron chi connectivity index (χ0n) is 43.8. The van der Waals surface area contributed by atoms with Crippen molar-refractivity contribution in [3.8, 4) is 17.1 Å². The fourth-order valence-electron chi connectivity index (χ4n) is 7.29. The minimum Gasteiger partial charge on any atom is -0.491 e. The van der Waals surface area contributed by atoms with Crippen molar-refractivity contribution in [2.75, 3.05) is 131 Å². The lowest BCUT2D eigenvalue weighted by Crippen LogP contribution is -2.60. The lowest BCUT2D eigenvalue weighted by atomic mass is 9.99. The number of anilines is 1. The second kappa shape index (κ2) is 33.5. The summed E-state index contributed by atoms with van der Waals surface area (Å²) in [6.45, 7) is 5.87. The summed E-state index contributed by atoms with van der Waals surface area (Å²) in [5.74, 6) is 0.749. The molecule has 454 valence electrons. The highest BCUT2D eigenvalue weighted by Crippen LogP contribution is 2.61. The molecule has 11 atom stereocenters. The Balaban J connectivity index is 0.698. The van der Waals surface area contributed by atoms with E-state index < -0.39 is 95.5 Å². The van der Waals surface area contributed by atoms with Crippen molar-refractivity contribution in [3.05, 3.63) is 46.8 Å². The Hall–Kier alpha value is -4.76. The molecule has 2 saturated heterocycles. The van der Waals surface area contributed by atoms with Gasteiger partial charge in [-0.2, -0.15) is 9.29 Å². The minimum absolute atomic E-state index is 0.0356. The van der Waals surface area contributed by atoms with Crippen LogP contribution in [0.4, 0.5) is 5.95 Å². The van der Waals surface area contributed by atoms with Crippen LogP contribution in [0.5, 0.6) is 5.75 Å². The molecular formula is C44H68N10O25P2. The van der Waals surface area contributed by atoms with Gasteiger partial charge >= 0.3 is 15.6 Å². The number of nitrogen functional groups attached to an aromatic ring is 1. The molecule has 0 saturated carbocycles. The lowest BCUT2D eigenvalue weighted by Gasteiger charge is -2.40. The number of phosphoric ester groups is 2. The van der Waals surface area contributed by atoms with Crippen LogP contribution in [0.3, 0.4) is 0 Å². The van der Waals surface area contributed by atoms with Gasteiger partial charge in [0.05, 0.1) is 119 Å². The lowest BCUT2D eigenvalue weighted by molar-refractivity contribution is -0.273. The predicted octanol–water partition coefficient (Wildman–Crippen LogP) is -3.35. The number of fused-ring (bicyclic) bond motifs is 1. The molecule has 6 rings (SSSR count). The van der Waals surface area contributed by atoms with E-state index in [0.717, 1.165) is 16.5 Å². The first-order chi connectivity index (χ1) is 38.9.